The van der Waals surface area contributed by atoms with Gasteiger partial charge in [-0.2, -0.15) is 0 Å². The molecule has 1 aliphatic rings. The molecule has 0 unspecified atom stereocenters. The molecule has 3 rings (SSSR count). The maximum Gasteiger partial charge on any atom is 0.226 e. The van der Waals surface area contributed by atoms with Crippen LogP contribution in [-0.4, -0.2) is 23.5 Å². The summed E-state index contributed by atoms with van der Waals surface area (Å²) >= 11 is 0. The molecule has 3 heteroatoms. The average Bonchev–Trinajstić information content (AvgIpc) is 2.72. The standard InChI is InChI=1S/C14H16N2O/c1-10-4-3-5-11(8-10)14-15-12-9-16(2)7-6-13(12)17-14/h3-5,8H,6-7,9H2,1-2H3. The Morgan fingerprint density at radius 1 is 1.35 bits per heavy atom. The lowest BCUT2D eigenvalue weighted by molar-refractivity contribution is 0.292. The number of nitrogens with zero attached hydrogens (tertiary/aromatic N) is 2. The normalized spacial score (nSPS) is 15.9. The van der Waals surface area contributed by atoms with Crippen molar-refractivity contribution in [3.05, 3.63) is 41.3 Å². The van der Waals surface area contributed by atoms with Gasteiger partial charge in [-0.05, 0) is 26.1 Å². The van der Waals surface area contributed by atoms with Crippen molar-refractivity contribution < 1.29 is 4.42 Å². The predicted octanol–water partition coefficient (Wildman–Crippen LogP) is 2.64. The number of likely N-dealkylation sites (N-methyl/N-ethyl adjacent to an activating group) is 1. The van der Waals surface area contributed by atoms with Crippen molar-refractivity contribution in [3.63, 3.8) is 0 Å². The van der Waals surface area contributed by atoms with E-state index in [1.54, 1.807) is 0 Å². The summed E-state index contributed by atoms with van der Waals surface area (Å²) in [5, 5.41) is 0. The first-order valence-electron chi connectivity index (χ1n) is 5.96. The van der Waals surface area contributed by atoms with E-state index in [1.165, 1.54) is 5.56 Å². The molecule has 0 saturated carbocycles. The first-order chi connectivity index (χ1) is 8.22. The van der Waals surface area contributed by atoms with Gasteiger partial charge in [-0.3, -0.25) is 4.90 Å². The summed E-state index contributed by atoms with van der Waals surface area (Å²) < 4.78 is 5.86. The minimum Gasteiger partial charge on any atom is -0.441 e. The van der Waals surface area contributed by atoms with Crippen molar-refractivity contribution in [1.29, 1.82) is 0 Å². The van der Waals surface area contributed by atoms with Crippen LogP contribution >= 0.6 is 0 Å². The molecule has 0 bridgehead atoms. The monoisotopic (exact) mass is 228 g/mol. The number of rotatable bonds is 1. The van der Waals surface area contributed by atoms with Crippen molar-refractivity contribution in [2.75, 3.05) is 13.6 Å². The zero-order chi connectivity index (χ0) is 11.8. The van der Waals surface area contributed by atoms with Gasteiger partial charge in [0.1, 0.15) is 5.76 Å². The van der Waals surface area contributed by atoms with Crippen molar-refractivity contribution in [1.82, 2.24) is 9.88 Å². The second-order valence-electron chi connectivity index (χ2n) is 4.75. The number of oxazole rings is 1. The Labute approximate surface area is 101 Å². The van der Waals surface area contributed by atoms with Crippen LogP contribution in [0.1, 0.15) is 17.0 Å². The number of benzene rings is 1. The van der Waals surface area contributed by atoms with Gasteiger partial charge in [-0.15, -0.1) is 0 Å². The SMILES string of the molecule is Cc1cccc(-c2nc3c(o2)CCN(C)C3)c1. The van der Waals surface area contributed by atoms with Crippen LogP contribution in [0.2, 0.25) is 0 Å². The van der Waals surface area contributed by atoms with Gasteiger partial charge in [-0.1, -0.05) is 17.7 Å². The Hall–Kier alpha value is -1.61. The summed E-state index contributed by atoms with van der Waals surface area (Å²) in [5.41, 5.74) is 3.40. The second-order valence-corrected chi connectivity index (χ2v) is 4.75. The molecular weight excluding hydrogens is 212 g/mol. The van der Waals surface area contributed by atoms with Crippen LogP contribution in [0.3, 0.4) is 0 Å². The van der Waals surface area contributed by atoms with E-state index in [4.69, 9.17) is 4.42 Å². The van der Waals surface area contributed by atoms with Crippen LogP contribution in [0.4, 0.5) is 0 Å². The molecule has 0 atom stereocenters. The number of hydrogen-bond acceptors (Lipinski definition) is 3. The maximum absolute atomic E-state index is 5.86. The van der Waals surface area contributed by atoms with E-state index in [9.17, 15) is 0 Å². The Balaban J connectivity index is 2.00. The van der Waals surface area contributed by atoms with Crippen molar-refractivity contribution in [3.8, 4) is 11.5 Å². The van der Waals surface area contributed by atoms with Crippen molar-refractivity contribution >= 4 is 0 Å². The highest BCUT2D eigenvalue weighted by atomic mass is 16.4. The Morgan fingerprint density at radius 3 is 3.06 bits per heavy atom. The summed E-state index contributed by atoms with van der Waals surface area (Å²) in [6.45, 7) is 4.03. The highest BCUT2D eigenvalue weighted by Gasteiger charge is 2.20. The van der Waals surface area contributed by atoms with Gasteiger partial charge in [0.05, 0.1) is 5.69 Å². The number of aryl methyl sites for hydroxylation is 1. The average molecular weight is 228 g/mol. The van der Waals surface area contributed by atoms with Crippen LogP contribution < -0.4 is 0 Å². The van der Waals surface area contributed by atoms with Gasteiger partial charge in [0.25, 0.3) is 0 Å². The van der Waals surface area contributed by atoms with E-state index in [0.717, 1.165) is 42.4 Å². The molecule has 1 aliphatic heterocycles. The van der Waals surface area contributed by atoms with Gasteiger partial charge in [0, 0.05) is 25.1 Å². The first-order valence-corrected chi connectivity index (χ1v) is 5.96. The van der Waals surface area contributed by atoms with Crippen LogP contribution in [0, 0.1) is 6.92 Å². The van der Waals surface area contributed by atoms with E-state index < -0.39 is 0 Å². The molecule has 0 saturated heterocycles. The molecule has 0 spiro atoms. The molecule has 0 N–H and O–H groups in total. The van der Waals surface area contributed by atoms with E-state index in [0.29, 0.717) is 0 Å². The molecule has 2 aromatic rings. The van der Waals surface area contributed by atoms with E-state index in [2.05, 4.69) is 36.0 Å². The fourth-order valence-electron chi connectivity index (χ4n) is 2.23. The minimum atomic E-state index is 0.758. The van der Waals surface area contributed by atoms with Crippen LogP contribution in [0.25, 0.3) is 11.5 Å². The molecular formula is C14H16N2O. The number of aromatic nitrogens is 1. The third-order valence-electron chi connectivity index (χ3n) is 3.18. The second kappa shape index (κ2) is 4.00. The topological polar surface area (TPSA) is 29.3 Å². The first kappa shape index (κ1) is 10.5. The van der Waals surface area contributed by atoms with Gasteiger partial charge >= 0.3 is 0 Å². The lowest BCUT2D eigenvalue weighted by Crippen LogP contribution is -2.25. The van der Waals surface area contributed by atoms with Crippen molar-refractivity contribution in [2.24, 2.45) is 0 Å². The maximum atomic E-state index is 5.86. The highest BCUT2D eigenvalue weighted by Crippen LogP contribution is 2.26. The van der Waals surface area contributed by atoms with E-state index in [-0.39, 0.29) is 0 Å². The zero-order valence-corrected chi connectivity index (χ0v) is 10.2. The fraction of sp³-hybridized carbons (Fsp3) is 0.357. The third kappa shape index (κ3) is 1.98. The van der Waals surface area contributed by atoms with E-state index >= 15 is 0 Å². The van der Waals surface area contributed by atoms with Crippen LogP contribution in [-0.2, 0) is 13.0 Å². The molecule has 0 fully saturated rings. The van der Waals surface area contributed by atoms with Gasteiger partial charge in [0.2, 0.25) is 5.89 Å². The summed E-state index contributed by atoms with van der Waals surface area (Å²) in [6.07, 6.45) is 0.963. The molecule has 17 heavy (non-hydrogen) atoms. The smallest absolute Gasteiger partial charge is 0.226 e. The van der Waals surface area contributed by atoms with Gasteiger partial charge in [-0.25, -0.2) is 4.98 Å². The molecule has 0 radical (unpaired) electrons. The molecule has 1 aromatic heterocycles. The number of hydrogen-bond donors (Lipinski definition) is 0. The lowest BCUT2D eigenvalue weighted by Gasteiger charge is -2.19. The summed E-state index contributed by atoms with van der Waals surface area (Å²) in [4.78, 5) is 6.87. The van der Waals surface area contributed by atoms with Gasteiger partial charge < -0.3 is 4.42 Å². The summed E-state index contributed by atoms with van der Waals surface area (Å²) in [6, 6.07) is 8.29. The Kier molecular flexibility index (Phi) is 2.48. The Morgan fingerprint density at radius 2 is 2.24 bits per heavy atom. The molecule has 2 heterocycles. The van der Waals surface area contributed by atoms with Crippen LogP contribution in [0.5, 0.6) is 0 Å². The summed E-state index contributed by atoms with van der Waals surface area (Å²) in [5.74, 6) is 1.81. The van der Waals surface area contributed by atoms with Crippen molar-refractivity contribution in [2.45, 2.75) is 19.9 Å². The third-order valence-corrected chi connectivity index (χ3v) is 3.18. The largest absolute Gasteiger partial charge is 0.441 e. The van der Waals surface area contributed by atoms with E-state index in [1.807, 2.05) is 12.1 Å². The zero-order valence-electron chi connectivity index (χ0n) is 10.2. The van der Waals surface area contributed by atoms with Crippen LogP contribution in [0.15, 0.2) is 28.7 Å². The quantitative estimate of drug-likeness (QED) is 0.751. The minimum absolute atomic E-state index is 0.758. The molecule has 1 aromatic carbocycles. The molecule has 0 aliphatic carbocycles. The molecule has 88 valence electrons. The summed E-state index contributed by atoms with van der Waals surface area (Å²) in [7, 11) is 2.12. The fourth-order valence-corrected chi connectivity index (χ4v) is 2.23. The lowest BCUT2D eigenvalue weighted by atomic mass is 10.1. The predicted molar refractivity (Wildman–Crippen MR) is 66.7 cm³/mol. The molecule has 0 amide bonds. The highest BCUT2D eigenvalue weighted by molar-refractivity contribution is 5.55. The number of fused-ring (bicyclic) bond motifs is 1. The Bertz CT molecular complexity index is 545. The molecule has 3 nitrogen and oxygen atoms in total. The van der Waals surface area contributed by atoms with Gasteiger partial charge in [0.15, 0.2) is 0 Å².